The Morgan fingerprint density at radius 1 is 1.06 bits per heavy atom. The summed E-state index contributed by atoms with van der Waals surface area (Å²) in [5.41, 5.74) is 2.34. The number of ether oxygens (including phenoxy) is 1. The number of allylic oxidation sites excluding steroid dienone is 4. The molecule has 2 unspecified atom stereocenters. The maximum atomic E-state index is 15.0. The summed E-state index contributed by atoms with van der Waals surface area (Å²) >= 11 is 6.32. The smallest absolute Gasteiger partial charge is 0.204 e. The Balaban J connectivity index is 1.37. The van der Waals surface area contributed by atoms with Crippen molar-refractivity contribution in [2.45, 2.75) is 38.0 Å². The Kier molecular flexibility index (Phi) is 6.53. The number of hydrogen-bond donors (Lipinski definition) is 1. The van der Waals surface area contributed by atoms with Gasteiger partial charge in [-0.25, -0.2) is 4.39 Å². The van der Waals surface area contributed by atoms with E-state index in [1.807, 2.05) is 42.5 Å². The van der Waals surface area contributed by atoms with Gasteiger partial charge in [-0.3, -0.25) is 0 Å². The first-order valence-corrected chi connectivity index (χ1v) is 11.8. The van der Waals surface area contributed by atoms with Gasteiger partial charge in [0.2, 0.25) is 5.82 Å². The summed E-state index contributed by atoms with van der Waals surface area (Å²) in [7, 11) is 0. The number of aromatic amines is 1. The van der Waals surface area contributed by atoms with Crippen LogP contribution in [-0.2, 0) is 6.42 Å². The van der Waals surface area contributed by atoms with E-state index in [0.29, 0.717) is 34.3 Å². The van der Waals surface area contributed by atoms with Crippen LogP contribution in [0.5, 0.6) is 5.75 Å². The van der Waals surface area contributed by atoms with Crippen molar-refractivity contribution in [2.75, 3.05) is 6.61 Å². The molecule has 3 aromatic rings. The lowest BCUT2D eigenvalue weighted by Crippen LogP contribution is -2.17. The van der Waals surface area contributed by atoms with Gasteiger partial charge in [-0.15, -0.1) is 10.2 Å². The highest BCUT2D eigenvalue weighted by Crippen LogP contribution is 2.39. The van der Waals surface area contributed by atoms with E-state index >= 15 is 0 Å². The van der Waals surface area contributed by atoms with Crippen LogP contribution in [0, 0.1) is 17.7 Å². The highest BCUT2D eigenvalue weighted by Gasteiger charge is 2.26. The second kappa shape index (κ2) is 9.87. The Bertz CT molecular complexity index is 1160. The molecule has 1 aromatic heterocycles. The SMILES string of the molecule is Fc1cc(-c2nn[nH]n2)ccc1CC1C=CC=CC1c1ccc(Cl)cc1OCC1CCCC1. The molecule has 33 heavy (non-hydrogen) atoms. The van der Waals surface area contributed by atoms with Crippen LogP contribution in [0.4, 0.5) is 4.39 Å². The van der Waals surface area contributed by atoms with Gasteiger partial charge in [0.25, 0.3) is 0 Å². The van der Waals surface area contributed by atoms with Gasteiger partial charge in [0.15, 0.2) is 0 Å². The lowest BCUT2D eigenvalue weighted by molar-refractivity contribution is 0.248. The lowest BCUT2D eigenvalue weighted by Gasteiger charge is -2.27. The van der Waals surface area contributed by atoms with Gasteiger partial charge >= 0.3 is 0 Å². The molecule has 0 bridgehead atoms. The van der Waals surface area contributed by atoms with Gasteiger partial charge in [-0.05, 0) is 60.1 Å². The van der Waals surface area contributed by atoms with Crippen molar-refractivity contribution < 1.29 is 9.13 Å². The highest BCUT2D eigenvalue weighted by molar-refractivity contribution is 6.30. The molecule has 0 radical (unpaired) electrons. The molecule has 5 rings (SSSR count). The Morgan fingerprint density at radius 3 is 2.70 bits per heavy atom. The number of H-pyrrole nitrogens is 1. The summed E-state index contributed by atoms with van der Waals surface area (Å²) in [4.78, 5) is 0. The second-order valence-corrected chi connectivity index (χ2v) is 9.29. The van der Waals surface area contributed by atoms with Gasteiger partial charge in [-0.2, -0.15) is 5.21 Å². The summed E-state index contributed by atoms with van der Waals surface area (Å²) in [6, 6.07) is 11.0. The normalized spacial score (nSPS) is 20.4. The third-order valence-corrected chi connectivity index (χ3v) is 6.88. The van der Waals surface area contributed by atoms with Gasteiger partial charge in [0.1, 0.15) is 11.6 Å². The molecule has 170 valence electrons. The van der Waals surface area contributed by atoms with Crippen molar-refractivity contribution in [1.82, 2.24) is 20.6 Å². The molecule has 5 nitrogen and oxygen atoms in total. The molecule has 1 heterocycles. The van der Waals surface area contributed by atoms with E-state index in [0.717, 1.165) is 17.9 Å². The van der Waals surface area contributed by atoms with E-state index < -0.39 is 0 Å². The molecule has 0 amide bonds. The van der Waals surface area contributed by atoms with Crippen molar-refractivity contribution in [3.8, 4) is 17.1 Å². The fraction of sp³-hybridized carbons (Fsp3) is 0.346. The number of nitrogens with one attached hydrogen (secondary N) is 1. The maximum Gasteiger partial charge on any atom is 0.204 e. The second-order valence-electron chi connectivity index (χ2n) is 8.85. The molecule has 2 aromatic carbocycles. The molecule has 1 N–H and O–H groups in total. The Morgan fingerprint density at radius 2 is 1.91 bits per heavy atom. The van der Waals surface area contributed by atoms with Crippen LogP contribution in [0.2, 0.25) is 5.02 Å². The van der Waals surface area contributed by atoms with Gasteiger partial charge in [0, 0.05) is 22.1 Å². The number of benzene rings is 2. The minimum absolute atomic E-state index is 0.0714. The number of halogens is 2. The third kappa shape index (κ3) is 5.01. The van der Waals surface area contributed by atoms with Crippen molar-refractivity contribution in [1.29, 1.82) is 0 Å². The molecule has 0 spiro atoms. The van der Waals surface area contributed by atoms with Gasteiger partial charge < -0.3 is 4.74 Å². The van der Waals surface area contributed by atoms with E-state index in [4.69, 9.17) is 16.3 Å². The summed E-state index contributed by atoms with van der Waals surface area (Å²) in [5.74, 6) is 1.72. The number of nitrogens with zero attached hydrogens (tertiary/aromatic N) is 3. The lowest BCUT2D eigenvalue weighted by atomic mass is 9.79. The third-order valence-electron chi connectivity index (χ3n) is 6.65. The zero-order chi connectivity index (χ0) is 22.6. The minimum Gasteiger partial charge on any atom is -0.493 e. The van der Waals surface area contributed by atoms with Gasteiger partial charge in [0.05, 0.1) is 6.61 Å². The molecule has 0 saturated heterocycles. The van der Waals surface area contributed by atoms with E-state index in [1.54, 1.807) is 0 Å². The fourth-order valence-electron chi connectivity index (χ4n) is 4.87. The topological polar surface area (TPSA) is 63.7 Å². The van der Waals surface area contributed by atoms with Crippen LogP contribution in [0.1, 0.15) is 42.7 Å². The maximum absolute atomic E-state index is 15.0. The van der Waals surface area contributed by atoms with E-state index in [2.05, 4.69) is 32.8 Å². The number of hydrogen-bond acceptors (Lipinski definition) is 4. The Hall–Kier alpha value is -2.99. The van der Waals surface area contributed by atoms with Crippen molar-refractivity contribution in [3.63, 3.8) is 0 Å². The van der Waals surface area contributed by atoms with Crippen molar-refractivity contribution >= 4 is 11.6 Å². The predicted molar refractivity (Wildman–Crippen MR) is 127 cm³/mol. The zero-order valence-corrected chi connectivity index (χ0v) is 19.0. The quantitative estimate of drug-likeness (QED) is 0.446. The Labute approximate surface area is 197 Å². The van der Waals surface area contributed by atoms with Crippen LogP contribution < -0.4 is 4.74 Å². The van der Waals surface area contributed by atoms with Crippen LogP contribution in [0.25, 0.3) is 11.4 Å². The van der Waals surface area contributed by atoms with E-state index in [-0.39, 0.29) is 17.7 Å². The molecule has 7 heteroatoms. The first kappa shape index (κ1) is 21.8. The van der Waals surface area contributed by atoms with Crippen LogP contribution in [0.3, 0.4) is 0 Å². The number of aromatic nitrogens is 4. The summed E-state index contributed by atoms with van der Waals surface area (Å²) in [6.45, 7) is 0.719. The molecule has 2 aliphatic carbocycles. The first-order chi connectivity index (χ1) is 16.2. The molecule has 0 aliphatic heterocycles. The molecular formula is C26H26ClFN4O. The van der Waals surface area contributed by atoms with Crippen LogP contribution in [0.15, 0.2) is 60.7 Å². The number of rotatable bonds is 7. The van der Waals surface area contributed by atoms with Crippen LogP contribution >= 0.6 is 11.6 Å². The first-order valence-electron chi connectivity index (χ1n) is 11.5. The van der Waals surface area contributed by atoms with E-state index in [9.17, 15) is 4.39 Å². The monoisotopic (exact) mass is 464 g/mol. The average Bonchev–Trinajstić information content (AvgIpc) is 3.54. The molecule has 1 fully saturated rings. The summed E-state index contributed by atoms with van der Waals surface area (Å²) < 4.78 is 21.3. The molecule has 2 atom stereocenters. The number of tetrazole rings is 1. The average molecular weight is 465 g/mol. The van der Waals surface area contributed by atoms with Gasteiger partial charge in [-0.1, -0.05) is 66.9 Å². The minimum atomic E-state index is -0.271. The largest absolute Gasteiger partial charge is 0.493 e. The predicted octanol–water partition coefficient (Wildman–Crippen LogP) is 6.30. The molecule has 1 saturated carbocycles. The van der Waals surface area contributed by atoms with Crippen LogP contribution in [-0.4, -0.2) is 27.2 Å². The van der Waals surface area contributed by atoms with E-state index in [1.165, 1.54) is 31.7 Å². The standard InChI is InChI=1S/C26H26ClFN4O/c27-21-11-12-23(25(15-21)33-16-17-5-1-2-6-17)22-8-4-3-7-18(22)13-19-9-10-20(14-24(19)28)26-29-31-32-30-26/h3-4,7-12,14-15,17-18,22H,1-2,5-6,13,16H2,(H,29,30,31,32). The molecule has 2 aliphatic rings. The van der Waals surface area contributed by atoms with Crippen molar-refractivity contribution in [3.05, 3.63) is 82.7 Å². The highest BCUT2D eigenvalue weighted by atomic mass is 35.5. The summed E-state index contributed by atoms with van der Waals surface area (Å²) in [5, 5.41) is 14.5. The summed E-state index contributed by atoms with van der Waals surface area (Å²) in [6.07, 6.45) is 14.0. The fourth-order valence-corrected chi connectivity index (χ4v) is 5.03. The van der Waals surface area contributed by atoms with Crippen molar-refractivity contribution in [2.24, 2.45) is 11.8 Å². The molecular weight excluding hydrogens is 439 g/mol. The zero-order valence-electron chi connectivity index (χ0n) is 18.3.